The molecule has 0 saturated carbocycles. The van der Waals surface area contributed by atoms with Gasteiger partial charge in [-0.15, -0.1) is 59.7 Å². The molecule has 1 radical (unpaired) electrons. The third-order valence-electron chi connectivity index (χ3n) is 7.44. The molecule has 0 amide bonds. The van der Waals surface area contributed by atoms with E-state index in [0.717, 1.165) is 45.0 Å². The number of benzene rings is 2. The zero-order valence-electron chi connectivity index (χ0n) is 32.0. The number of pyridine rings is 4. The molecule has 56 heavy (non-hydrogen) atoms. The number of hydrogen-bond acceptors (Lipinski definition) is 4. The molecule has 4 nitrogen and oxygen atoms in total. The number of nitrogens with zero attached hydrogens (tertiary/aromatic N) is 4. The summed E-state index contributed by atoms with van der Waals surface area (Å²) in [5, 5.41) is 0. The molecule has 0 aliphatic carbocycles. The molecule has 0 spiro atoms. The van der Waals surface area contributed by atoms with Crippen molar-refractivity contribution in [1.82, 2.24) is 19.9 Å². The molecule has 0 unspecified atom stereocenters. The Hall–Kier alpha value is -4.44. The molecule has 6 aromatic rings. The Morgan fingerprint density at radius 3 is 1.07 bits per heavy atom. The first kappa shape index (κ1) is 47.7. The van der Waals surface area contributed by atoms with E-state index in [1.54, 1.807) is 24.5 Å². The van der Waals surface area contributed by atoms with Crippen LogP contribution in [0.2, 0.25) is 0 Å². The van der Waals surface area contributed by atoms with Gasteiger partial charge < -0.3 is 9.97 Å². The Bertz CT molecular complexity index is 1890. The molecule has 6 rings (SSSR count). The minimum absolute atomic E-state index is 0. The van der Waals surface area contributed by atoms with Gasteiger partial charge in [-0.3, -0.25) is 18.7 Å². The predicted molar refractivity (Wildman–Crippen MR) is 205 cm³/mol. The van der Waals surface area contributed by atoms with Gasteiger partial charge in [-0.25, -0.2) is 0 Å². The zero-order valence-corrected chi connectivity index (χ0v) is 35.3. The number of aromatic nitrogens is 4. The first-order valence-corrected chi connectivity index (χ1v) is 18.9. The molecule has 0 aliphatic heterocycles. The summed E-state index contributed by atoms with van der Waals surface area (Å²) in [6, 6.07) is 30.7. The van der Waals surface area contributed by atoms with E-state index in [1.165, 1.54) is 35.4 Å². The van der Waals surface area contributed by atoms with Gasteiger partial charge in [0.05, 0.1) is 11.4 Å². The van der Waals surface area contributed by atoms with Crippen LogP contribution in [0.25, 0.3) is 33.9 Å². The molecule has 0 N–H and O–H groups in total. The average molecular weight is 978 g/mol. The molecular formula is C42H42F8IrN4P-3. The summed E-state index contributed by atoms with van der Waals surface area (Å²) in [6.07, 6.45) is 7.32. The van der Waals surface area contributed by atoms with E-state index >= 15 is 0 Å². The van der Waals surface area contributed by atoms with Crippen LogP contribution in [0.15, 0.2) is 110 Å². The zero-order chi connectivity index (χ0) is 41.3. The van der Waals surface area contributed by atoms with Crippen LogP contribution in [0.1, 0.15) is 63.8 Å². The van der Waals surface area contributed by atoms with Gasteiger partial charge in [-0.05, 0) is 82.6 Å². The molecule has 4 aromatic heterocycles. The average Bonchev–Trinajstić information content (AvgIpc) is 3.08. The Kier molecular flexibility index (Phi) is 15.5. The first-order valence-electron chi connectivity index (χ1n) is 16.8. The number of aryl methyl sites for hydroxylation is 2. The maximum Gasteiger partial charge on any atom is 0 e. The first-order chi connectivity index (χ1) is 25.1. The largest absolute Gasteiger partial charge is 0 e. The van der Waals surface area contributed by atoms with Crippen molar-refractivity contribution in [3.63, 3.8) is 0 Å². The summed E-state index contributed by atoms with van der Waals surface area (Å²) >= 11 is 0. The molecule has 0 aliphatic rings. The van der Waals surface area contributed by atoms with Crippen molar-refractivity contribution >= 4 is 7.81 Å². The van der Waals surface area contributed by atoms with Gasteiger partial charge in [-0.2, -0.15) is 0 Å². The molecule has 0 fully saturated rings. The van der Waals surface area contributed by atoms with Crippen molar-refractivity contribution in [2.45, 2.75) is 66.2 Å². The van der Waals surface area contributed by atoms with Crippen LogP contribution in [0.4, 0.5) is 34.0 Å². The molecule has 0 atom stereocenters. The van der Waals surface area contributed by atoms with Crippen molar-refractivity contribution in [3.8, 4) is 33.9 Å². The van der Waals surface area contributed by atoms with Crippen LogP contribution in [0.3, 0.4) is 0 Å². The third-order valence-corrected chi connectivity index (χ3v) is 7.44. The van der Waals surface area contributed by atoms with Crippen molar-refractivity contribution in [3.05, 3.63) is 156 Å². The summed E-state index contributed by atoms with van der Waals surface area (Å²) in [6.45, 7) is 17.2. The summed E-state index contributed by atoms with van der Waals surface area (Å²) in [5.41, 5.74) is 10.2. The van der Waals surface area contributed by atoms with Crippen molar-refractivity contribution in [2.24, 2.45) is 0 Å². The quantitative estimate of drug-likeness (QED) is 0.101. The Morgan fingerprint density at radius 2 is 0.821 bits per heavy atom. The van der Waals surface area contributed by atoms with Crippen molar-refractivity contribution in [2.75, 3.05) is 0 Å². The maximum atomic E-state index is 12.6. The van der Waals surface area contributed by atoms with E-state index < -0.39 is 7.81 Å². The molecule has 14 heteroatoms. The molecule has 0 saturated heterocycles. The fourth-order valence-corrected chi connectivity index (χ4v) is 4.46. The summed E-state index contributed by atoms with van der Waals surface area (Å²) in [5.74, 6) is -0.554. The van der Waals surface area contributed by atoms with Crippen molar-refractivity contribution < 1.29 is 54.1 Å². The number of rotatable bonds is 3. The molecule has 303 valence electrons. The molecule has 0 bridgehead atoms. The van der Waals surface area contributed by atoms with Crippen molar-refractivity contribution in [1.29, 1.82) is 0 Å². The van der Waals surface area contributed by atoms with Crippen LogP contribution in [-0.2, 0) is 30.9 Å². The standard InChI is InChI=1S/C18H24N2.2C12H9FN.F6P.Ir/c1-17(2,3)13-7-9-19-15(11-13)16-12-14(8-10-20-16)18(4,5)6;2*1-9-2-7-12(14-8-9)10-3-5-11(13)6-4-10;1-7(2,3,4,5)6;/h7-12H,1-6H3;2*2-3,5-8H,1H3;;/q;3*-1;. The number of hydrogen-bond donors (Lipinski definition) is 0. The van der Waals surface area contributed by atoms with Crippen LogP contribution in [-0.4, -0.2) is 19.9 Å². The monoisotopic (exact) mass is 978 g/mol. The van der Waals surface area contributed by atoms with E-state index in [9.17, 15) is 34.0 Å². The van der Waals surface area contributed by atoms with Gasteiger partial charge >= 0.3 is 33.0 Å². The third kappa shape index (κ3) is 18.5. The minimum atomic E-state index is -10.7. The Labute approximate surface area is 336 Å². The van der Waals surface area contributed by atoms with Crippen LogP contribution in [0, 0.1) is 37.6 Å². The van der Waals surface area contributed by atoms with Gasteiger partial charge in [-0.1, -0.05) is 65.8 Å². The van der Waals surface area contributed by atoms with E-state index in [1.807, 2.05) is 50.5 Å². The second kappa shape index (κ2) is 18.2. The van der Waals surface area contributed by atoms with E-state index in [4.69, 9.17) is 0 Å². The predicted octanol–water partition coefficient (Wildman–Crippen LogP) is 14.1. The van der Waals surface area contributed by atoms with Gasteiger partial charge in [0, 0.05) is 56.5 Å². The number of halogens is 8. The maximum absolute atomic E-state index is 12.6. The van der Waals surface area contributed by atoms with Crippen LogP contribution < -0.4 is 0 Å². The Morgan fingerprint density at radius 1 is 0.482 bits per heavy atom. The topological polar surface area (TPSA) is 51.6 Å². The van der Waals surface area contributed by atoms with Gasteiger partial charge in [0.1, 0.15) is 0 Å². The Balaban J connectivity index is 0.000000270. The minimum Gasteiger partial charge on any atom is 0 e. The SMILES string of the molecule is CC(C)(C)c1ccnc(-c2cc(C(C)(C)C)ccn2)c1.Cc1ccc(-c2[c-]cc(F)cc2)nc1.Cc1ccc(-c2[c-]cc(F)cc2)nc1.F[P-](F)(F)(F)(F)F.[Ir]. The van der Waals surface area contributed by atoms with E-state index in [0.29, 0.717) is 0 Å². The summed E-state index contributed by atoms with van der Waals surface area (Å²) < 4.78 is 84.4. The summed E-state index contributed by atoms with van der Waals surface area (Å²) in [7, 11) is -10.7. The second-order valence-electron chi connectivity index (χ2n) is 14.6. The van der Waals surface area contributed by atoms with E-state index in [2.05, 4.69) is 97.9 Å². The molecule has 2 aromatic carbocycles. The molecular weight excluding hydrogens is 936 g/mol. The van der Waals surface area contributed by atoms with Gasteiger partial charge in [0.25, 0.3) is 0 Å². The van der Waals surface area contributed by atoms with E-state index in [-0.39, 0.29) is 42.6 Å². The normalized spacial score (nSPS) is 12.4. The fourth-order valence-electron chi connectivity index (χ4n) is 4.46. The van der Waals surface area contributed by atoms with Gasteiger partial charge in [0.2, 0.25) is 0 Å². The fraction of sp³-hybridized carbons (Fsp3) is 0.238. The van der Waals surface area contributed by atoms with Crippen LogP contribution in [0.5, 0.6) is 0 Å². The molecule has 4 heterocycles. The van der Waals surface area contributed by atoms with Gasteiger partial charge in [0.15, 0.2) is 0 Å². The smallest absolute Gasteiger partial charge is 0 e. The van der Waals surface area contributed by atoms with Crippen LogP contribution >= 0.6 is 7.81 Å². The second-order valence-corrected chi connectivity index (χ2v) is 16.5. The summed E-state index contributed by atoms with van der Waals surface area (Å²) in [4.78, 5) is 17.4.